The van der Waals surface area contributed by atoms with Gasteiger partial charge in [0.1, 0.15) is 0 Å². The fraction of sp³-hybridized carbons (Fsp3) is 0.600. The average molecular weight is 230 g/mol. The molecule has 2 nitrogen and oxygen atoms in total. The molecule has 2 atom stereocenters. The van der Waals surface area contributed by atoms with Gasteiger partial charge >= 0.3 is 0 Å². The molecular formula is C15H22N2. The van der Waals surface area contributed by atoms with Crippen LogP contribution in [0.25, 0.3) is 0 Å². The summed E-state index contributed by atoms with van der Waals surface area (Å²) < 4.78 is 0. The van der Waals surface area contributed by atoms with Gasteiger partial charge in [0.05, 0.1) is 0 Å². The highest BCUT2D eigenvalue weighted by Crippen LogP contribution is 2.36. The summed E-state index contributed by atoms with van der Waals surface area (Å²) in [6.45, 7) is 5.67. The minimum atomic E-state index is 0.933. The van der Waals surface area contributed by atoms with Crippen LogP contribution in [0.2, 0.25) is 0 Å². The quantitative estimate of drug-likeness (QED) is 0.831. The van der Waals surface area contributed by atoms with Crippen molar-refractivity contribution >= 4 is 5.69 Å². The summed E-state index contributed by atoms with van der Waals surface area (Å²) in [5.41, 5.74) is 4.33. The highest BCUT2D eigenvalue weighted by atomic mass is 14.9. The van der Waals surface area contributed by atoms with Crippen LogP contribution in [0.3, 0.4) is 0 Å². The molecule has 0 bridgehead atoms. The second kappa shape index (κ2) is 4.69. The number of para-hydroxylation sites is 1. The Morgan fingerprint density at radius 3 is 3.12 bits per heavy atom. The molecule has 0 aromatic heterocycles. The van der Waals surface area contributed by atoms with Gasteiger partial charge in [0.25, 0.3) is 0 Å². The number of hydrogen-bond acceptors (Lipinski definition) is 2. The van der Waals surface area contributed by atoms with E-state index in [4.69, 9.17) is 0 Å². The van der Waals surface area contributed by atoms with Gasteiger partial charge in [-0.3, -0.25) is 0 Å². The van der Waals surface area contributed by atoms with Crippen molar-refractivity contribution in [1.29, 1.82) is 0 Å². The van der Waals surface area contributed by atoms with Crippen molar-refractivity contribution in [2.75, 3.05) is 18.4 Å². The molecule has 1 aromatic rings. The van der Waals surface area contributed by atoms with Crippen molar-refractivity contribution in [3.05, 3.63) is 29.3 Å². The van der Waals surface area contributed by atoms with Crippen LogP contribution in [-0.4, -0.2) is 13.1 Å². The molecule has 0 radical (unpaired) electrons. The van der Waals surface area contributed by atoms with Gasteiger partial charge in [0.15, 0.2) is 0 Å². The number of anilines is 1. The zero-order valence-corrected chi connectivity index (χ0v) is 10.6. The molecular weight excluding hydrogens is 208 g/mol. The fourth-order valence-corrected chi connectivity index (χ4v) is 2.80. The Labute approximate surface area is 104 Å². The Morgan fingerprint density at radius 2 is 2.29 bits per heavy atom. The van der Waals surface area contributed by atoms with Crippen LogP contribution in [0.1, 0.15) is 30.9 Å². The molecule has 1 fully saturated rings. The molecule has 0 saturated heterocycles. The molecule has 17 heavy (non-hydrogen) atoms. The van der Waals surface area contributed by atoms with Gasteiger partial charge < -0.3 is 10.6 Å². The van der Waals surface area contributed by atoms with Gasteiger partial charge in [-0.1, -0.05) is 25.1 Å². The van der Waals surface area contributed by atoms with E-state index in [1.54, 1.807) is 0 Å². The monoisotopic (exact) mass is 230 g/mol. The standard InChI is InChI=1S/C15H22N2/c1-11-8-14(11)10-16-9-13-5-2-4-12-6-3-7-17-15(12)13/h2,4-5,11,14,16-17H,3,6-10H2,1H3. The van der Waals surface area contributed by atoms with Crippen molar-refractivity contribution in [2.45, 2.75) is 32.7 Å². The lowest BCUT2D eigenvalue weighted by Crippen LogP contribution is -2.20. The highest BCUT2D eigenvalue weighted by molar-refractivity contribution is 5.59. The van der Waals surface area contributed by atoms with Gasteiger partial charge in [0.2, 0.25) is 0 Å². The zero-order chi connectivity index (χ0) is 11.7. The van der Waals surface area contributed by atoms with E-state index in [-0.39, 0.29) is 0 Å². The summed E-state index contributed by atoms with van der Waals surface area (Å²) in [5.74, 6) is 1.88. The molecule has 0 spiro atoms. The number of rotatable bonds is 4. The molecule has 0 amide bonds. The third kappa shape index (κ3) is 2.47. The fourth-order valence-electron chi connectivity index (χ4n) is 2.80. The summed E-state index contributed by atoms with van der Waals surface area (Å²) in [7, 11) is 0. The van der Waals surface area contributed by atoms with E-state index >= 15 is 0 Å². The molecule has 1 heterocycles. The topological polar surface area (TPSA) is 24.1 Å². The maximum Gasteiger partial charge on any atom is 0.0418 e. The minimum Gasteiger partial charge on any atom is -0.385 e. The Hall–Kier alpha value is -1.02. The SMILES string of the molecule is CC1CC1CNCc1cccc2c1NCCC2. The molecule has 2 N–H and O–H groups in total. The van der Waals surface area contributed by atoms with Crippen molar-refractivity contribution in [1.82, 2.24) is 5.32 Å². The van der Waals surface area contributed by atoms with Crippen molar-refractivity contribution < 1.29 is 0 Å². The maximum atomic E-state index is 3.60. The summed E-state index contributed by atoms with van der Waals surface area (Å²) in [5, 5.41) is 7.16. The summed E-state index contributed by atoms with van der Waals surface area (Å²) >= 11 is 0. The second-order valence-corrected chi connectivity index (χ2v) is 5.59. The maximum absolute atomic E-state index is 3.60. The van der Waals surface area contributed by atoms with Crippen molar-refractivity contribution in [2.24, 2.45) is 11.8 Å². The van der Waals surface area contributed by atoms with Crippen LogP contribution >= 0.6 is 0 Å². The first-order chi connectivity index (χ1) is 8.34. The predicted molar refractivity (Wildman–Crippen MR) is 72.2 cm³/mol. The Balaban J connectivity index is 1.61. The molecule has 1 saturated carbocycles. The molecule has 92 valence electrons. The summed E-state index contributed by atoms with van der Waals surface area (Å²) in [6.07, 6.45) is 3.91. The first kappa shape index (κ1) is 11.1. The third-order valence-corrected chi connectivity index (χ3v) is 4.16. The van der Waals surface area contributed by atoms with E-state index < -0.39 is 0 Å². The molecule has 1 aliphatic carbocycles. The lowest BCUT2D eigenvalue weighted by Gasteiger charge is -2.21. The first-order valence-electron chi connectivity index (χ1n) is 6.90. The second-order valence-electron chi connectivity index (χ2n) is 5.59. The molecule has 2 heteroatoms. The lowest BCUT2D eigenvalue weighted by atomic mass is 9.99. The van der Waals surface area contributed by atoms with E-state index in [0.29, 0.717) is 0 Å². The van der Waals surface area contributed by atoms with Crippen LogP contribution in [0.4, 0.5) is 5.69 Å². The minimum absolute atomic E-state index is 0.933. The summed E-state index contributed by atoms with van der Waals surface area (Å²) in [4.78, 5) is 0. The van der Waals surface area contributed by atoms with E-state index in [2.05, 4.69) is 35.8 Å². The van der Waals surface area contributed by atoms with Crippen LogP contribution in [0, 0.1) is 11.8 Å². The van der Waals surface area contributed by atoms with E-state index in [0.717, 1.165) is 24.9 Å². The van der Waals surface area contributed by atoms with Gasteiger partial charge in [-0.05, 0) is 48.8 Å². The molecule has 2 aliphatic rings. The predicted octanol–water partition coefficient (Wildman–Crippen LogP) is 2.79. The Morgan fingerprint density at radius 1 is 1.41 bits per heavy atom. The van der Waals surface area contributed by atoms with Gasteiger partial charge in [0, 0.05) is 18.8 Å². The van der Waals surface area contributed by atoms with Crippen LogP contribution < -0.4 is 10.6 Å². The number of fused-ring (bicyclic) bond motifs is 1. The van der Waals surface area contributed by atoms with E-state index in [1.807, 2.05) is 0 Å². The third-order valence-electron chi connectivity index (χ3n) is 4.16. The number of hydrogen-bond donors (Lipinski definition) is 2. The van der Waals surface area contributed by atoms with Crippen LogP contribution in [-0.2, 0) is 13.0 Å². The normalized spacial score (nSPS) is 26.2. The van der Waals surface area contributed by atoms with Gasteiger partial charge in [-0.25, -0.2) is 0 Å². The first-order valence-corrected chi connectivity index (χ1v) is 6.90. The van der Waals surface area contributed by atoms with Gasteiger partial charge in [-0.2, -0.15) is 0 Å². The smallest absolute Gasteiger partial charge is 0.0418 e. The lowest BCUT2D eigenvalue weighted by molar-refractivity contribution is 0.611. The molecule has 2 unspecified atom stereocenters. The highest BCUT2D eigenvalue weighted by Gasteiger charge is 2.31. The number of benzene rings is 1. The largest absolute Gasteiger partial charge is 0.385 e. The van der Waals surface area contributed by atoms with Crippen molar-refractivity contribution in [3.63, 3.8) is 0 Å². The Bertz CT molecular complexity index is 400. The van der Waals surface area contributed by atoms with Crippen LogP contribution in [0.15, 0.2) is 18.2 Å². The molecule has 1 aromatic carbocycles. The zero-order valence-electron chi connectivity index (χ0n) is 10.6. The molecule has 3 rings (SSSR count). The number of aryl methyl sites for hydroxylation is 1. The van der Waals surface area contributed by atoms with Crippen LogP contribution in [0.5, 0.6) is 0 Å². The summed E-state index contributed by atoms with van der Waals surface area (Å²) in [6, 6.07) is 6.71. The average Bonchev–Trinajstić information content (AvgIpc) is 3.06. The van der Waals surface area contributed by atoms with Crippen molar-refractivity contribution in [3.8, 4) is 0 Å². The van der Waals surface area contributed by atoms with Gasteiger partial charge in [-0.15, -0.1) is 0 Å². The molecule has 1 aliphatic heterocycles. The number of nitrogens with one attached hydrogen (secondary N) is 2. The Kier molecular flexibility index (Phi) is 3.06. The van der Waals surface area contributed by atoms with E-state index in [1.165, 1.54) is 42.6 Å². The van der Waals surface area contributed by atoms with E-state index in [9.17, 15) is 0 Å².